The molecule has 0 radical (unpaired) electrons. The van der Waals surface area contributed by atoms with E-state index in [4.69, 9.17) is 0 Å². The van der Waals surface area contributed by atoms with Crippen molar-refractivity contribution in [2.45, 2.75) is 72.0 Å². The van der Waals surface area contributed by atoms with Crippen molar-refractivity contribution in [3.05, 3.63) is 11.9 Å². The van der Waals surface area contributed by atoms with Crippen LogP contribution in [0.15, 0.2) is 6.20 Å². The fourth-order valence-electron chi connectivity index (χ4n) is 2.94. The number of carbonyl (C=O) groups is 1. The van der Waals surface area contributed by atoms with Gasteiger partial charge in [-0.2, -0.15) is 0 Å². The first kappa shape index (κ1) is 17.9. The predicted octanol–water partition coefficient (Wildman–Crippen LogP) is 2.38. The molecule has 6 nitrogen and oxygen atoms in total. The van der Waals surface area contributed by atoms with E-state index in [2.05, 4.69) is 48.2 Å². The minimum absolute atomic E-state index is 0.192. The SMILES string of the molecule is CNC(C)c1cn(C[C@H]2CCCN2C(=O)CCC(C)(C)C)nn1. The highest BCUT2D eigenvalue weighted by molar-refractivity contribution is 5.76. The third-order valence-corrected chi connectivity index (χ3v) is 4.62. The molecule has 23 heavy (non-hydrogen) atoms. The Morgan fingerprint density at radius 2 is 2.22 bits per heavy atom. The summed E-state index contributed by atoms with van der Waals surface area (Å²) >= 11 is 0. The Balaban J connectivity index is 1.93. The zero-order valence-corrected chi connectivity index (χ0v) is 15.2. The minimum Gasteiger partial charge on any atom is -0.338 e. The molecule has 0 spiro atoms. The van der Waals surface area contributed by atoms with Crippen LogP contribution in [-0.2, 0) is 11.3 Å². The van der Waals surface area contributed by atoms with Crippen LogP contribution in [0.3, 0.4) is 0 Å². The van der Waals surface area contributed by atoms with Crippen LogP contribution in [0.25, 0.3) is 0 Å². The first-order valence-electron chi connectivity index (χ1n) is 8.67. The van der Waals surface area contributed by atoms with Gasteiger partial charge in [0.25, 0.3) is 0 Å². The van der Waals surface area contributed by atoms with E-state index in [1.165, 1.54) is 0 Å². The molecule has 1 saturated heterocycles. The molecule has 0 saturated carbocycles. The number of hydrogen-bond donors (Lipinski definition) is 1. The van der Waals surface area contributed by atoms with Crippen LogP contribution in [-0.4, -0.2) is 45.4 Å². The first-order valence-corrected chi connectivity index (χ1v) is 8.67. The van der Waals surface area contributed by atoms with Gasteiger partial charge >= 0.3 is 0 Å². The highest BCUT2D eigenvalue weighted by Crippen LogP contribution is 2.25. The molecule has 1 N–H and O–H groups in total. The van der Waals surface area contributed by atoms with Crippen LogP contribution in [0.5, 0.6) is 0 Å². The van der Waals surface area contributed by atoms with Gasteiger partial charge in [0.05, 0.1) is 24.5 Å². The summed E-state index contributed by atoms with van der Waals surface area (Å²) in [6.07, 6.45) is 5.69. The van der Waals surface area contributed by atoms with Crippen molar-refractivity contribution < 1.29 is 4.79 Å². The van der Waals surface area contributed by atoms with Crippen molar-refractivity contribution in [1.29, 1.82) is 0 Å². The van der Waals surface area contributed by atoms with Crippen molar-refractivity contribution in [1.82, 2.24) is 25.2 Å². The van der Waals surface area contributed by atoms with Crippen LogP contribution < -0.4 is 5.32 Å². The molecule has 0 bridgehead atoms. The molecular weight excluding hydrogens is 290 g/mol. The summed E-state index contributed by atoms with van der Waals surface area (Å²) in [5.74, 6) is 0.284. The molecule has 1 aliphatic heterocycles. The van der Waals surface area contributed by atoms with E-state index in [1.807, 2.05) is 17.9 Å². The molecule has 1 aliphatic rings. The van der Waals surface area contributed by atoms with E-state index in [1.54, 1.807) is 0 Å². The summed E-state index contributed by atoms with van der Waals surface area (Å²) in [5, 5.41) is 11.6. The second kappa shape index (κ2) is 7.43. The number of aromatic nitrogens is 3. The quantitative estimate of drug-likeness (QED) is 0.874. The summed E-state index contributed by atoms with van der Waals surface area (Å²) < 4.78 is 1.88. The second-order valence-electron chi connectivity index (χ2n) is 7.82. The maximum atomic E-state index is 12.5. The summed E-state index contributed by atoms with van der Waals surface area (Å²) in [4.78, 5) is 14.6. The number of carbonyl (C=O) groups excluding carboxylic acids is 1. The van der Waals surface area contributed by atoms with E-state index in [0.29, 0.717) is 6.42 Å². The fraction of sp³-hybridized carbons (Fsp3) is 0.824. The van der Waals surface area contributed by atoms with Crippen LogP contribution in [0, 0.1) is 5.41 Å². The molecule has 1 aromatic heterocycles. The van der Waals surface area contributed by atoms with Gasteiger partial charge in [0.2, 0.25) is 5.91 Å². The lowest BCUT2D eigenvalue weighted by atomic mass is 9.90. The molecule has 2 rings (SSSR count). The molecule has 130 valence electrons. The van der Waals surface area contributed by atoms with Gasteiger partial charge in [0, 0.05) is 19.0 Å². The topological polar surface area (TPSA) is 63.1 Å². The maximum Gasteiger partial charge on any atom is 0.222 e. The van der Waals surface area contributed by atoms with Crippen LogP contribution in [0.1, 0.15) is 65.1 Å². The van der Waals surface area contributed by atoms with E-state index in [-0.39, 0.29) is 23.4 Å². The van der Waals surface area contributed by atoms with Gasteiger partial charge < -0.3 is 10.2 Å². The van der Waals surface area contributed by atoms with Gasteiger partial charge in [-0.1, -0.05) is 26.0 Å². The lowest BCUT2D eigenvalue weighted by Gasteiger charge is -2.26. The number of amides is 1. The standard InChI is InChI=1S/C17H31N5O/c1-13(18-5)15-12-21(20-19-15)11-14-7-6-10-22(14)16(23)8-9-17(2,3)4/h12-14,18H,6-11H2,1-5H3/t13?,14-/m1/s1. The van der Waals surface area contributed by atoms with Gasteiger partial charge in [-0.05, 0) is 38.6 Å². The third kappa shape index (κ3) is 5.03. The normalized spacial score (nSPS) is 20.0. The number of hydrogen-bond acceptors (Lipinski definition) is 4. The molecule has 6 heteroatoms. The Hall–Kier alpha value is -1.43. The summed E-state index contributed by atoms with van der Waals surface area (Å²) in [6, 6.07) is 0.443. The van der Waals surface area contributed by atoms with Gasteiger partial charge in [-0.3, -0.25) is 9.48 Å². The van der Waals surface area contributed by atoms with E-state index in [0.717, 1.165) is 38.0 Å². The van der Waals surface area contributed by atoms with Gasteiger partial charge in [0.15, 0.2) is 0 Å². The van der Waals surface area contributed by atoms with E-state index < -0.39 is 0 Å². The average molecular weight is 321 g/mol. The number of rotatable bonds is 6. The van der Waals surface area contributed by atoms with Crippen molar-refractivity contribution >= 4 is 5.91 Å². The second-order valence-corrected chi connectivity index (χ2v) is 7.82. The van der Waals surface area contributed by atoms with Gasteiger partial charge in [-0.25, -0.2) is 0 Å². The van der Waals surface area contributed by atoms with Crippen LogP contribution >= 0.6 is 0 Å². The van der Waals surface area contributed by atoms with Crippen LogP contribution in [0.4, 0.5) is 0 Å². The van der Waals surface area contributed by atoms with Crippen molar-refractivity contribution in [3.8, 4) is 0 Å². The molecule has 1 aromatic rings. The Kier molecular flexibility index (Phi) is 5.79. The smallest absolute Gasteiger partial charge is 0.222 e. The third-order valence-electron chi connectivity index (χ3n) is 4.62. The molecule has 1 amide bonds. The Bertz CT molecular complexity index is 519. The number of nitrogens with one attached hydrogen (secondary N) is 1. The number of likely N-dealkylation sites (tertiary alicyclic amines) is 1. The lowest BCUT2D eigenvalue weighted by molar-refractivity contribution is -0.132. The van der Waals surface area contributed by atoms with E-state index in [9.17, 15) is 4.79 Å². The van der Waals surface area contributed by atoms with Gasteiger partial charge in [0.1, 0.15) is 0 Å². The lowest BCUT2D eigenvalue weighted by Crippen LogP contribution is -2.38. The monoisotopic (exact) mass is 321 g/mol. The minimum atomic E-state index is 0.192. The van der Waals surface area contributed by atoms with Crippen LogP contribution in [0.2, 0.25) is 0 Å². The highest BCUT2D eigenvalue weighted by atomic mass is 16.2. The first-order chi connectivity index (χ1) is 10.8. The predicted molar refractivity (Wildman–Crippen MR) is 90.9 cm³/mol. The molecule has 1 fully saturated rings. The Labute approximate surface area is 139 Å². The number of nitrogens with zero attached hydrogens (tertiary/aromatic N) is 4. The molecule has 0 aromatic carbocycles. The molecule has 0 aliphatic carbocycles. The molecule has 1 unspecified atom stereocenters. The largest absolute Gasteiger partial charge is 0.338 e. The Morgan fingerprint density at radius 1 is 1.48 bits per heavy atom. The average Bonchev–Trinajstić information content (AvgIpc) is 3.13. The summed E-state index contributed by atoms with van der Waals surface area (Å²) in [6.45, 7) is 10.2. The molecule has 2 atom stereocenters. The van der Waals surface area contributed by atoms with Crippen molar-refractivity contribution in [2.24, 2.45) is 5.41 Å². The maximum absolute atomic E-state index is 12.5. The van der Waals surface area contributed by atoms with Crippen molar-refractivity contribution in [3.63, 3.8) is 0 Å². The highest BCUT2D eigenvalue weighted by Gasteiger charge is 2.29. The zero-order valence-electron chi connectivity index (χ0n) is 15.2. The molecule has 2 heterocycles. The Morgan fingerprint density at radius 3 is 2.87 bits per heavy atom. The van der Waals surface area contributed by atoms with Crippen molar-refractivity contribution in [2.75, 3.05) is 13.6 Å². The van der Waals surface area contributed by atoms with E-state index >= 15 is 0 Å². The zero-order chi connectivity index (χ0) is 17.0. The fourth-order valence-corrected chi connectivity index (χ4v) is 2.94. The van der Waals surface area contributed by atoms with Gasteiger partial charge in [-0.15, -0.1) is 5.10 Å². The summed E-state index contributed by atoms with van der Waals surface area (Å²) in [7, 11) is 1.91. The summed E-state index contributed by atoms with van der Waals surface area (Å²) in [5.41, 5.74) is 1.14. The molecular formula is C17H31N5O.